The quantitative estimate of drug-likeness (QED) is 0.794. The van der Waals surface area contributed by atoms with Gasteiger partial charge in [0.15, 0.2) is 0 Å². The molecule has 108 valence electrons. The van der Waals surface area contributed by atoms with Crippen LogP contribution in [0.15, 0.2) is 0 Å². The summed E-state index contributed by atoms with van der Waals surface area (Å²) in [5, 5.41) is 9.16. The molecule has 1 aliphatic carbocycles. The third-order valence-electron chi connectivity index (χ3n) is 4.14. The van der Waals surface area contributed by atoms with Crippen molar-refractivity contribution < 1.29 is 19.4 Å². The molecule has 1 amide bonds. The lowest BCUT2D eigenvalue weighted by Gasteiger charge is -2.50. The molecule has 0 radical (unpaired) electrons. The standard InChI is InChI=1S/C14H23NO4/c1-12(2,3)19-11(18)15-6-5-14(9-15)7-13(4,8-14)10(16)17/h5-9H2,1-4H3,(H,16,17). The molecular formula is C14H23NO4. The average molecular weight is 269 g/mol. The Labute approximate surface area is 113 Å². The summed E-state index contributed by atoms with van der Waals surface area (Å²) in [5.41, 5.74) is -1.09. The van der Waals surface area contributed by atoms with E-state index in [2.05, 4.69) is 0 Å². The van der Waals surface area contributed by atoms with Crippen LogP contribution >= 0.6 is 0 Å². The first-order valence-corrected chi connectivity index (χ1v) is 6.77. The molecule has 1 N–H and O–H groups in total. The minimum Gasteiger partial charge on any atom is -0.481 e. The molecule has 19 heavy (non-hydrogen) atoms. The molecule has 1 saturated heterocycles. The van der Waals surface area contributed by atoms with Gasteiger partial charge in [0.25, 0.3) is 0 Å². The molecule has 5 heteroatoms. The Bertz CT molecular complexity index is 404. The Kier molecular flexibility index (Phi) is 3.07. The van der Waals surface area contributed by atoms with Crippen LogP contribution in [0.2, 0.25) is 0 Å². The van der Waals surface area contributed by atoms with E-state index in [0.29, 0.717) is 25.9 Å². The molecule has 1 aliphatic heterocycles. The van der Waals surface area contributed by atoms with Gasteiger partial charge in [0.05, 0.1) is 5.41 Å². The third-order valence-corrected chi connectivity index (χ3v) is 4.14. The molecule has 0 bridgehead atoms. The Morgan fingerprint density at radius 2 is 1.84 bits per heavy atom. The maximum Gasteiger partial charge on any atom is 0.410 e. The lowest BCUT2D eigenvalue weighted by molar-refractivity contribution is -0.162. The van der Waals surface area contributed by atoms with Crippen LogP contribution in [0.25, 0.3) is 0 Å². The van der Waals surface area contributed by atoms with E-state index in [4.69, 9.17) is 9.84 Å². The largest absolute Gasteiger partial charge is 0.481 e. The SMILES string of the molecule is CC(C)(C)OC(=O)N1CCC2(C1)CC(C)(C(=O)O)C2. The monoisotopic (exact) mass is 269 g/mol. The number of likely N-dealkylation sites (tertiary alicyclic amines) is 1. The minimum atomic E-state index is -0.728. The van der Waals surface area contributed by atoms with Gasteiger partial charge in [0.2, 0.25) is 0 Å². The number of carboxylic acids is 1. The van der Waals surface area contributed by atoms with Crippen LogP contribution in [0.5, 0.6) is 0 Å². The number of amides is 1. The predicted octanol–water partition coefficient (Wildman–Crippen LogP) is 2.50. The molecular weight excluding hydrogens is 246 g/mol. The maximum atomic E-state index is 12.0. The van der Waals surface area contributed by atoms with Gasteiger partial charge >= 0.3 is 12.1 Å². The summed E-state index contributed by atoms with van der Waals surface area (Å²) >= 11 is 0. The Morgan fingerprint density at radius 1 is 1.26 bits per heavy atom. The van der Waals surface area contributed by atoms with Crippen molar-refractivity contribution in [3.8, 4) is 0 Å². The van der Waals surface area contributed by atoms with Crippen molar-refractivity contribution in [1.82, 2.24) is 4.90 Å². The number of rotatable bonds is 1. The molecule has 2 fully saturated rings. The first-order chi connectivity index (χ1) is 8.55. The van der Waals surface area contributed by atoms with E-state index in [1.54, 1.807) is 11.8 Å². The fourth-order valence-electron chi connectivity index (χ4n) is 3.46. The topological polar surface area (TPSA) is 66.8 Å². The molecule has 2 rings (SSSR count). The fraction of sp³-hybridized carbons (Fsp3) is 0.857. The second kappa shape index (κ2) is 4.12. The van der Waals surface area contributed by atoms with Crippen molar-refractivity contribution in [3.05, 3.63) is 0 Å². The van der Waals surface area contributed by atoms with Gasteiger partial charge in [0.1, 0.15) is 5.60 Å². The zero-order chi connectivity index (χ0) is 14.5. The zero-order valence-corrected chi connectivity index (χ0v) is 12.2. The number of carbonyl (C=O) groups is 2. The van der Waals surface area contributed by atoms with Crippen molar-refractivity contribution in [2.24, 2.45) is 10.8 Å². The normalized spacial score (nSPS) is 34.2. The lowest BCUT2D eigenvalue weighted by Crippen LogP contribution is -2.51. The number of carbonyl (C=O) groups excluding carboxylic acids is 1. The van der Waals surface area contributed by atoms with Crippen molar-refractivity contribution in [2.45, 2.75) is 52.6 Å². The number of ether oxygens (including phenoxy) is 1. The molecule has 0 aromatic heterocycles. The van der Waals surface area contributed by atoms with Crippen LogP contribution in [0.4, 0.5) is 4.79 Å². The van der Waals surface area contributed by atoms with Gasteiger partial charge in [-0.2, -0.15) is 0 Å². The highest BCUT2D eigenvalue weighted by atomic mass is 16.6. The van der Waals surface area contributed by atoms with E-state index in [1.165, 1.54) is 0 Å². The highest BCUT2D eigenvalue weighted by Crippen LogP contribution is 2.58. The summed E-state index contributed by atoms with van der Waals surface area (Å²) in [4.78, 5) is 24.8. The van der Waals surface area contributed by atoms with Gasteiger partial charge < -0.3 is 14.7 Å². The first-order valence-electron chi connectivity index (χ1n) is 6.77. The number of carboxylic acid groups (broad SMARTS) is 1. The average Bonchev–Trinajstić information content (AvgIpc) is 2.58. The van der Waals surface area contributed by atoms with E-state index >= 15 is 0 Å². The summed E-state index contributed by atoms with van der Waals surface area (Å²) < 4.78 is 5.35. The minimum absolute atomic E-state index is 0.00401. The van der Waals surface area contributed by atoms with Gasteiger partial charge in [0, 0.05) is 13.1 Å². The summed E-state index contributed by atoms with van der Waals surface area (Å²) in [6.07, 6.45) is 1.92. The smallest absolute Gasteiger partial charge is 0.410 e. The Morgan fingerprint density at radius 3 is 2.32 bits per heavy atom. The van der Waals surface area contributed by atoms with E-state index in [9.17, 15) is 9.59 Å². The molecule has 0 aromatic rings. The second-order valence-electron chi connectivity index (χ2n) is 7.37. The first kappa shape index (κ1) is 14.2. The molecule has 2 aliphatic rings. The number of nitrogens with zero attached hydrogens (tertiary/aromatic N) is 1. The number of hydrogen-bond donors (Lipinski definition) is 1. The van der Waals surface area contributed by atoms with Crippen LogP contribution in [-0.2, 0) is 9.53 Å². The van der Waals surface area contributed by atoms with E-state index in [0.717, 1.165) is 6.42 Å². The summed E-state index contributed by atoms with van der Waals surface area (Å²) in [5.74, 6) is -0.728. The molecule has 0 atom stereocenters. The predicted molar refractivity (Wildman–Crippen MR) is 69.8 cm³/mol. The molecule has 5 nitrogen and oxygen atoms in total. The molecule has 0 unspecified atom stereocenters. The molecule has 1 spiro atoms. The Balaban J connectivity index is 1.92. The highest BCUT2D eigenvalue weighted by Gasteiger charge is 2.59. The molecule has 0 aromatic carbocycles. The van der Waals surface area contributed by atoms with Crippen molar-refractivity contribution in [2.75, 3.05) is 13.1 Å². The van der Waals surface area contributed by atoms with Gasteiger partial charge in [-0.1, -0.05) is 0 Å². The molecule has 1 saturated carbocycles. The van der Waals surface area contributed by atoms with Crippen LogP contribution in [-0.4, -0.2) is 40.8 Å². The van der Waals surface area contributed by atoms with Gasteiger partial charge in [-0.25, -0.2) is 4.79 Å². The fourth-order valence-corrected chi connectivity index (χ4v) is 3.46. The highest BCUT2D eigenvalue weighted by molar-refractivity contribution is 5.76. The summed E-state index contributed by atoms with van der Waals surface area (Å²) in [7, 11) is 0. The maximum absolute atomic E-state index is 12.0. The van der Waals surface area contributed by atoms with Gasteiger partial charge in [-0.3, -0.25) is 4.79 Å². The van der Waals surface area contributed by atoms with Crippen molar-refractivity contribution >= 4 is 12.1 Å². The summed E-state index contributed by atoms with van der Waals surface area (Å²) in [6, 6.07) is 0. The Hall–Kier alpha value is -1.26. The number of aliphatic carboxylic acids is 1. The van der Waals surface area contributed by atoms with Crippen LogP contribution in [0.1, 0.15) is 47.0 Å². The lowest BCUT2D eigenvalue weighted by atomic mass is 9.53. The number of hydrogen-bond acceptors (Lipinski definition) is 3. The van der Waals surface area contributed by atoms with Crippen molar-refractivity contribution in [3.63, 3.8) is 0 Å². The van der Waals surface area contributed by atoms with E-state index in [1.807, 2.05) is 20.8 Å². The summed E-state index contributed by atoms with van der Waals surface area (Å²) in [6.45, 7) is 8.64. The van der Waals surface area contributed by atoms with E-state index < -0.39 is 17.0 Å². The zero-order valence-electron chi connectivity index (χ0n) is 12.2. The van der Waals surface area contributed by atoms with Crippen LogP contribution in [0, 0.1) is 10.8 Å². The van der Waals surface area contributed by atoms with E-state index in [-0.39, 0.29) is 11.5 Å². The third kappa shape index (κ3) is 2.69. The van der Waals surface area contributed by atoms with Gasteiger partial charge in [-0.05, 0) is 52.4 Å². The second-order valence-corrected chi connectivity index (χ2v) is 7.37. The van der Waals surface area contributed by atoms with Crippen LogP contribution in [0.3, 0.4) is 0 Å². The van der Waals surface area contributed by atoms with Crippen LogP contribution < -0.4 is 0 Å². The van der Waals surface area contributed by atoms with Crippen molar-refractivity contribution in [1.29, 1.82) is 0 Å². The molecule has 1 heterocycles. The van der Waals surface area contributed by atoms with Gasteiger partial charge in [-0.15, -0.1) is 0 Å².